The summed E-state index contributed by atoms with van der Waals surface area (Å²) in [6.45, 7) is 1.05. The molecule has 4 rings (SSSR count). The van der Waals surface area contributed by atoms with Crippen LogP contribution in [0.2, 0.25) is 0 Å². The molecular weight excluding hydrogens is 490 g/mol. The van der Waals surface area contributed by atoms with E-state index in [2.05, 4.69) is 45.3 Å². The lowest BCUT2D eigenvalue weighted by molar-refractivity contribution is -0.127. The van der Waals surface area contributed by atoms with Crippen molar-refractivity contribution in [2.75, 3.05) is 20.6 Å². The highest BCUT2D eigenvalue weighted by Gasteiger charge is 2.45. The minimum Gasteiger partial charge on any atom is -0.347 e. The van der Waals surface area contributed by atoms with Gasteiger partial charge in [0.05, 0.1) is 11.3 Å². The molecule has 0 radical (unpaired) electrons. The first kappa shape index (κ1) is 24.2. The molecule has 2 saturated carbocycles. The number of carbonyl (C=O) groups is 1. The predicted molar refractivity (Wildman–Crippen MR) is 131 cm³/mol. The first-order valence-electron chi connectivity index (χ1n) is 12.0. The number of carbonyl (C=O) groups excluding carboxylic acids is 1. The number of piperidine rings is 1. The van der Waals surface area contributed by atoms with Gasteiger partial charge < -0.3 is 10.2 Å². The molecule has 3 fully saturated rings. The Hall–Kier alpha value is -0.960. The molecule has 3 aliphatic rings. The number of benzene rings is 1. The smallest absolute Gasteiger partial charge is 0.223 e. The van der Waals surface area contributed by atoms with E-state index in [1.54, 1.807) is 11.4 Å². The van der Waals surface area contributed by atoms with Crippen molar-refractivity contribution in [1.29, 1.82) is 0 Å². The van der Waals surface area contributed by atoms with Crippen LogP contribution in [0, 0.1) is 5.92 Å². The number of hydrogen-bond donors (Lipinski definition) is 1. The summed E-state index contributed by atoms with van der Waals surface area (Å²) in [6.07, 6.45) is 7.03. The predicted octanol–water partition coefficient (Wildman–Crippen LogP) is 3.68. The summed E-state index contributed by atoms with van der Waals surface area (Å²) in [5, 5.41) is 2.91. The molecule has 0 spiro atoms. The van der Waals surface area contributed by atoms with Crippen molar-refractivity contribution < 1.29 is 13.2 Å². The van der Waals surface area contributed by atoms with Gasteiger partial charge >= 0.3 is 0 Å². The highest BCUT2D eigenvalue weighted by Crippen LogP contribution is 2.38. The van der Waals surface area contributed by atoms with Gasteiger partial charge in [-0.2, -0.15) is 0 Å². The van der Waals surface area contributed by atoms with Crippen LogP contribution in [0.5, 0.6) is 0 Å². The number of likely N-dealkylation sites (tertiary alicyclic amines) is 1. The number of likely N-dealkylation sites (N-methyl/N-ethyl adjacent to an activating group) is 1. The molecular formula is C24H36BrN3O3S. The molecule has 1 saturated heterocycles. The Morgan fingerprint density at radius 1 is 1.12 bits per heavy atom. The van der Waals surface area contributed by atoms with E-state index in [4.69, 9.17) is 0 Å². The van der Waals surface area contributed by atoms with Crippen LogP contribution >= 0.6 is 15.9 Å². The van der Waals surface area contributed by atoms with Crippen LogP contribution in [-0.2, 0) is 14.8 Å². The van der Waals surface area contributed by atoms with E-state index in [0.29, 0.717) is 19.3 Å². The Morgan fingerprint density at radius 3 is 2.47 bits per heavy atom. The van der Waals surface area contributed by atoms with Gasteiger partial charge in [-0.3, -0.25) is 4.79 Å². The molecule has 0 aromatic heterocycles. The molecule has 1 aromatic rings. The second-order valence-corrected chi connectivity index (χ2v) is 13.2. The zero-order chi connectivity index (χ0) is 22.9. The number of nitrogens with one attached hydrogen (secondary N) is 1. The summed E-state index contributed by atoms with van der Waals surface area (Å²) in [4.78, 5) is 15.5. The van der Waals surface area contributed by atoms with Crippen LogP contribution in [0.3, 0.4) is 0 Å². The molecule has 2 aliphatic carbocycles. The van der Waals surface area contributed by atoms with E-state index in [9.17, 15) is 13.2 Å². The van der Waals surface area contributed by atoms with Crippen LogP contribution in [0.25, 0.3) is 0 Å². The van der Waals surface area contributed by atoms with E-state index >= 15 is 0 Å². The first-order valence-corrected chi connectivity index (χ1v) is 14.4. The van der Waals surface area contributed by atoms with Crippen LogP contribution in [0.15, 0.2) is 30.3 Å². The summed E-state index contributed by atoms with van der Waals surface area (Å²) in [5.74, 6) is -0.120. The zero-order valence-corrected chi connectivity index (χ0v) is 21.5. The number of rotatable bonds is 7. The third-order valence-corrected chi connectivity index (χ3v) is 11.4. The quantitative estimate of drug-likeness (QED) is 0.551. The van der Waals surface area contributed by atoms with E-state index < -0.39 is 15.3 Å². The monoisotopic (exact) mass is 525 g/mol. The summed E-state index contributed by atoms with van der Waals surface area (Å²) in [5.41, 5.74) is 1.14. The van der Waals surface area contributed by atoms with Crippen molar-refractivity contribution in [1.82, 2.24) is 14.5 Å². The third kappa shape index (κ3) is 5.24. The third-order valence-electron chi connectivity index (χ3n) is 7.60. The summed E-state index contributed by atoms with van der Waals surface area (Å²) in [7, 11) is 0.511. The largest absolute Gasteiger partial charge is 0.347 e. The number of amides is 1. The van der Waals surface area contributed by atoms with Crippen molar-refractivity contribution in [3.63, 3.8) is 0 Å². The van der Waals surface area contributed by atoms with E-state index in [1.165, 1.54) is 12.8 Å². The molecule has 5 atom stereocenters. The van der Waals surface area contributed by atoms with Crippen molar-refractivity contribution in [3.8, 4) is 0 Å². The van der Waals surface area contributed by atoms with E-state index in [-0.39, 0.29) is 34.8 Å². The highest BCUT2D eigenvalue weighted by atomic mass is 79.9. The fourth-order valence-electron chi connectivity index (χ4n) is 5.38. The van der Waals surface area contributed by atoms with Gasteiger partial charge in [0.25, 0.3) is 0 Å². The Morgan fingerprint density at radius 2 is 1.84 bits per heavy atom. The van der Waals surface area contributed by atoms with Gasteiger partial charge in [-0.15, -0.1) is 0 Å². The molecule has 178 valence electrons. The van der Waals surface area contributed by atoms with Gasteiger partial charge in [0.1, 0.15) is 0 Å². The Labute approximate surface area is 201 Å². The maximum atomic E-state index is 13.4. The molecule has 1 N–H and O–H groups in total. The van der Waals surface area contributed by atoms with Gasteiger partial charge in [-0.1, -0.05) is 52.7 Å². The molecule has 1 amide bonds. The summed E-state index contributed by atoms with van der Waals surface area (Å²) in [6, 6.07) is 10.6. The molecule has 8 heteroatoms. The maximum Gasteiger partial charge on any atom is 0.223 e. The lowest BCUT2D eigenvalue weighted by Crippen LogP contribution is -2.50. The normalized spacial score (nSPS) is 30.8. The molecule has 0 bridgehead atoms. The fraction of sp³-hybridized carbons (Fsp3) is 0.708. The number of halogens is 1. The topological polar surface area (TPSA) is 69.7 Å². The van der Waals surface area contributed by atoms with Gasteiger partial charge in [-0.25, -0.2) is 12.7 Å². The van der Waals surface area contributed by atoms with E-state index in [0.717, 1.165) is 31.4 Å². The second-order valence-electron chi connectivity index (χ2n) is 9.80. The van der Waals surface area contributed by atoms with Crippen LogP contribution in [-0.4, -0.2) is 66.3 Å². The number of nitrogens with zero attached hydrogens (tertiary/aromatic N) is 2. The number of sulfonamides is 1. The lowest BCUT2D eigenvalue weighted by Gasteiger charge is -2.40. The Bertz CT molecular complexity index is 893. The SMILES string of the molecule is CN1CCCCC1C(NC(=O)C1CCC(S(=O)(=O)N(C)C2CC2)[C@H](Br)C1)c1ccccc1. The highest BCUT2D eigenvalue weighted by molar-refractivity contribution is 9.09. The van der Waals surface area contributed by atoms with Gasteiger partial charge in [-0.05, 0) is 64.1 Å². The Kier molecular flexibility index (Phi) is 7.64. The molecule has 6 nitrogen and oxygen atoms in total. The molecule has 1 aromatic carbocycles. The first-order chi connectivity index (χ1) is 15.3. The fourth-order valence-corrected chi connectivity index (χ4v) is 8.88. The maximum absolute atomic E-state index is 13.4. The second kappa shape index (κ2) is 10.1. The summed E-state index contributed by atoms with van der Waals surface area (Å²) < 4.78 is 27.7. The number of hydrogen-bond acceptors (Lipinski definition) is 4. The van der Waals surface area contributed by atoms with Crippen LogP contribution < -0.4 is 5.32 Å². The van der Waals surface area contributed by atoms with Crippen LogP contribution in [0.4, 0.5) is 0 Å². The average molecular weight is 527 g/mol. The van der Waals surface area contributed by atoms with Crippen molar-refractivity contribution in [2.45, 2.75) is 79.6 Å². The minimum absolute atomic E-state index is 0.0497. The average Bonchev–Trinajstić information content (AvgIpc) is 3.63. The van der Waals surface area contributed by atoms with Crippen molar-refractivity contribution >= 4 is 31.9 Å². The molecule has 1 heterocycles. The molecule has 32 heavy (non-hydrogen) atoms. The molecule has 4 unspecified atom stereocenters. The van der Waals surface area contributed by atoms with E-state index in [1.807, 2.05) is 18.2 Å². The standard InChI is InChI=1S/C24H36BrN3O3S/c1-27-15-7-6-10-21(27)23(17-8-4-3-5-9-17)26-24(29)18-11-14-22(20(25)16-18)32(30,31)28(2)19-12-13-19/h3-5,8-9,18-23H,6-7,10-16H2,1-2H3,(H,26,29)/t18?,20-,21?,22?,23?/m1/s1. The van der Waals surface area contributed by atoms with Crippen molar-refractivity contribution in [3.05, 3.63) is 35.9 Å². The molecule has 1 aliphatic heterocycles. The van der Waals surface area contributed by atoms with Crippen LogP contribution in [0.1, 0.15) is 63.0 Å². The zero-order valence-electron chi connectivity index (χ0n) is 19.1. The number of alkyl halides is 1. The van der Waals surface area contributed by atoms with Gasteiger partial charge in [0.15, 0.2) is 0 Å². The Balaban J connectivity index is 1.44. The van der Waals surface area contributed by atoms with Gasteiger partial charge in [0, 0.05) is 29.9 Å². The van der Waals surface area contributed by atoms with Crippen molar-refractivity contribution in [2.24, 2.45) is 5.92 Å². The summed E-state index contributed by atoms with van der Waals surface area (Å²) >= 11 is 3.64. The van der Waals surface area contributed by atoms with Gasteiger partial charge in [0.2, 0.25) is 15.9 Å². The minimum atomic E-state index is -3.34. The lowest BCUT2D eigenvalue weighted by atomic mass is 9.86.